The van der Waals surface area contributed by atoms with E-state index in [1.807, 2.05) is 4.57 Å². The lowest BCUT2D eigenvalue weighted by molar-refractivity contribution is -0.218. The molecule has 128 valence electrons. The van der Waals surface area contributed by atoms with Crippen molar-refractivity contribution >= 4 is 11.8 Å². The lowest BCUT2D eigenvalue weighted by Crippen LogP contribution is -2.63. The van der Waals surface area contributed by atoms with Crippen LogP contribution in [-0.2, 0) is 27.4 Å². The van der Waals surface area contributed by atoms with E-state index in [1.54, 1.807) is 12.3 Å². The standard InChI is InChI=1S/C16H23NO6/c1-10(22-4)16(21,15(2,3)20)14(19)23-9-11-5-7-17-8-6-12(18)13(11)17/h5,7,10,20-21H,6,8-9H2,1-4H3/t10-,16+/m0/s1. The lowest BCUT2D eigenvalue weighted by atomic mass is 9.81. The Labute approximate surface area is 134 Å². The highest BCUT2D eigenvalue weighted by atomic mass is 16.6. The number of aliphatic hydroxyl groups is 2. The van der Waals surface area contributed by atoms with Crippen molar-refractivity contribution in [1.29, 1.82) is 0 Å². The van der Waals surface area contributed by atoms with Crippen molar-refractivity contribution in [2.75, 3.05) is 7.11 Å². The van der Waals surface area contributed by atoms with Crippen LogP contribution in [0, 0.1) is 0 Å². The number of aromatic nitrogens is 1. The summed E-state index contributed by atoms with van der Waals surface area (Å²) in [6, 6.07) is 1.71. The number of nitrogens with zero attached hydrogens (tertiary/aromatic N) is 1. The quantitative estimate of drug-likeness (QED) is 0.746. The fraction of sp³-hybridized carbons (Fsp3) is 0.625. The maximum Gasteiger partial charge on any atom is 0.344 e. The van der Waals surface area contributed by atoms with Gasteiger partial charge in [0.1, 0.15) is 12.2 Å². The molecule has 23 heavy (non-hydrogen) atoms. The molecule has 0 saturated heterocycles. The van der Waals surface area contributed by atoms with E-state index in [2.05, 4.69) is 0 Å². The summed E-state index contributed by atoms with van der Waals surface area (Å²) in [7, 11) is 1.33. The monoisotopic (exact) mass is 325 g/mol. The number of methoxy groups -OCH3 is 1. The smallest absolute Gasteiger partial charge is 0.344 e. The highest BCUT2D eigenvalue weighted by Crippen LogP contribution is 2.30. The zero-order chi connectivity index (χ0) is 17.4. The zero-order valence-electron chi connectivity index (χ0n) is 13.8. The summed E-state index contributed by atoms with van der Waals surface area (Å²) in [5.41, 5.74) is -2.87. The van der Waals surface area contributed by atoms with E-state index >= 15 is 0 Å². The number of carbonyl (C=O) groups is 2. The lowest BCUT2D eigenvalue weighted by Gasteiger charge is -2.39. The van der Waals surface area contributed by atoms with Gasteiger partial charge >= 0.3 is 5.97 Å². The van der Waals surface area contributed by atoms with Gasteiger partial charge in [-0.3, -0.25) is 4.79 Å². The van der Waals surface area contributed by atoms with Crippen LogP contribution in [0.15, 0.2) is 12.3 Å². The largest absolute Gasteiger partial charge is 0.458 e. The van der Waals surface area contributed by atoms with Crippen molar-refractivity contribution in [3.63, 3.8) is 0 Å². The van der Waals surface area contributed by atoms with Gasteiger partial charge in [-0.1, -0.05) is 0 Å². The van der Waals surface area contributed by atoms with Crippen LogP contribution in [0.25, 0.3) is 0 Å². The van der Waals surface area contributed by atoms with E-state index in [-0.39, 0.29) is 12.4 Å². The maximum absolute atomic E-state index is 12.4. The van der Waals surface area contributed by atoms with Gasteiger partial charge in [0.2, 0.25) is 5.60 Å². The van der Waals surface area contributed by atoms with E-state index in [9.17, 15) is 19.8 Å². The summed E-state index contributed by atoms with van der Waals surface area (Å²) in [6.45, 7) is 4.56. The van der Waals surface area contributed by atoms with Gasteiger partial charge in [0.25, 0.3) is 0 Å². The fourth-order valence-electron chi connectivity index (χ4n) is 2.84. The molecule has 0 aliphatic carbocycles. The maximum atomic E-state index is 12.4. The molecule has 1 aromatic heterocycles. The first kappa shape index (κ1) is 17.7. The van der Waals surface area contributed by atoms with Crippen LogP contribution in [0.4, 0.5) is 0 Å². The minimum absolute atomic E-state index is 0.00376. The molecule has 0 unspecified atom stereocenters. The minimum atomic E-state index is -2.23. The highest BCUT2D eigenvalue weighted by Gasteiger charge is 2.55. The predicted octanol–water partition coefficient (Wildman–Crippen LogP) is 0.655. The van der Waals surface area contributed by atoms with E-state index in [0.29, 0.717) is 24.2 Å². The number of hydrogen-bond donors (Lipinski definition) is 2. The summed E-state index contributed by atoms with van der Waals surface area (Å²) in [4.78, 5) is 24.2. The number of carbonyl (C=O) groups excluding carboxylic acids is 2. The normalized spacial score (nSPS) is 18.4. The number of esters is 1. The number of aryl methyl sites for hydroxylation is 1. The van der Waals surface area contributed by atoms with Gasteiger partial charge in [-0.2, -0.15) is 0 Å². The van der Waals surface area contributed by atoms with Gasteiger partial charge in [-0.25, -0.2) is 4.79 Å². The third-order valence-corrected chi connectivity index (χ3v) is 4.44. The first-order valence-corrected chi connectivity index (χ1v) is 7.49. The predicted molar refractivity (Wildman–Crippen MR) is 80.9 cm³/mol. The molecule has 2 rings (SSSR count). The number of fused-ring (bicyclic) bond motifs is 1. The van der Waals surface area contributed by atoms with Crippen molar-refractivity contribution in [3.8, 4) is 0 Å². The molecule has 2 atom stereocenters. The molecule has 1 aliphatic rings. The summed E-state index contributed by atoms with van der Waals surface area (Å²) in [6.07, 6.45) is 1.23. The number of Topliss-reactive ketones (excluding diaryl/α,β-unsaturated/α-hetero) is 1. The number of hydrogen-bond acceptors (Lipinski definition) is 6. The second kappa shape index (κ2) is 6.07. The molecular weight excluding hydrogens is 302 g/mol. The summed E-state index contributed by atoms with van der Waals surface area (Å²) >= 11 is 0. The number of ether oxygens (including phenoxy) is 2. The molecule has 0 amide bonds. The Bertz CT molecular complexity index is 615. The summed E-state index contributed by atoms with van der Waals surface area (Å²) in [5, 5.41) is 20.8. The average molecular weight is 325 g/mol. The highest BCUT2D eigenvalue weighted by molar-refractivity contribution is 5.97. The Morgan fingerprint density at radius 3 is 2.65 bits per heavy atom. The van der Waals surface area contributed by atoms with Crippen molar-refractivity contribution in [3.05, 3.63) is 23.5 Å². The van der Waals surface area contributed by atoms with Crippen molar-refractivity contribution in [2.24, 2.45) is 0 Å². The summed E-state index contributed by atoms with van der Waals surface area (Å²) < 4.78 is 12.0. The number of ketones is 1. The first-order chi connectivity index (χ1) is 10.6. The fourth-order valence-corrected chi connectivity index (χ4v) is 2.84. The number of rotatable bonds is 6. The van der Waals surface area contributed by atoms with Crippen LogP contribution in [0.3, 0.4) is 0 Å². The van der Waals surface area contributed by atoms with E-state index in [0.717, 1.165) is 0 Å². The Kier molecular flexibility index (Phi) is 4.66. The van der Waals surface area contributed by atoms with Crippen LogP contribution in [-0.4, -0.2) is 50.9 Å². The molecule has 1 aromatic rings. The van der Waals surface area contributed by atoms with Gasteiger partial charge in [-0.05, 0) is 26.8 Å². The molecule has 7 heteroatoms. The molecule has 1 aliphatic heterocycles. The van der Waals surface area contributed by atoms with Crippen LogP contribution in [0.1, 0.15) is 43.2 Å². The average Bonchev–Trinajstić information content (AvgIpc) is 3.05. The Hall–Kier alpha value is -1.70. The Balaban J connectivity index is 2.16. The van der Waals surface area contributed by atoms with Gasteiger partial charge in [0.05, 0.1) is 11.8 Å². The van der Waals surface area contributed by atoms with Crippen molar-refractivity contribution in [2.45, 2.75) is 57.6 Å². The second-order valence-electron chi connectivity index (χ2n) is 6.34. The van der Waals surface area contributed by atoms with Gasteiger partial charge in [-0.15, -0.1) is 0 Å². The molecule has 0 bridgehead atoms. The van der Waals surface area contributed by atoms with Gasteiger partial charge in [0, 0.05) is 31.8 Å². The van der Waals surface area contributed by atoms with Gasteiger partial charge < -0.3 is 24.3 Å². The minimum Gasteiger partial charge on any atom is -0.458 e. The van der Waals surface area contributed by atoms with E-state index in [1.165, 1.54) is 27.9 Å². The third kappa shape index (κ3) is 2.91. The van der Waals surface area contributed by atoms with Crippen molar-refractivity contribution < 1.29 is 29.3 Å². The van der Waals surface area contributed by atoms with Crippen LogP contribution in [0.2, 0.25) is 0 Å². The molecule has 2 N–H and O–H groups in total. The van der Waals surface area contributed by atoms with Crippen LogP contribution >= 0.6 is 0 Å². The molecular formula is C16H23NO6. The van der Waals surface area contributed by atoms with E-state index < -0.39 is 23.3 Å². The van der Waals surface area contributed by atoms with Crippen LogP contribution in [0.5, 0.6) is 0 Å². The molecule has 7 nitrogen and oxygen atoms in total. The SMILES string of the molecule is CO[C@@H](C)[C@@](O)(C(=O)OCc1ccn2c1C(=O)CC2)C(C)(C)O. The third-order valence-electron chi connectivity index (χ3n) is 4.44. The molecule has 2 heterocycles. The summed E-state index contributed by atoms with van der Waals surface area (Å²) in [5.74, 6) is -0.992. The van der Waals surface area contributed by atoms with Gasteiger partial charge in [0.15, 0.2) is 5.78 Å². The van der Waals surface area contributed by atoms with Crippen molar-refractivity contribution in [1.82, 2.24) is 4.57 Å². The molecule has 0 fully saturated rings. The molecule has 0 spiro atoms. The topological polar surface area (TPSA) is 98.0 Å². The molecule has 0 aromatic carbocycles. The molecule has 0 radical (unpaired) electrons. The Morgan fingerprint density at radius 2 is 2.09 bits per heavy atom. The van der Waals surface area contributed by atoms with Crippen LogP contribution < -0.4 is 0 Å². The second-order valence-corrected chi connectivity index (χ2v) is 6.34. The Morgan fingerprint density at radius 1 is 1.43 bits per heavy atom. The van der Waals surface area contributed by atoms with E-state index in [4.69, 9.17) is 9.47 Å². The first-order valence-electron chi connectivity index (χ1n) is 7.49. The molecule has 0 saturated carbocycles. The zero-order valence-corrected chi connectivity index (χ0v) is 13.8.